The zero-order valence-electron chi connectivity index (χ0n) is 11.5. The molecular formula is C18H15NO2. The SMILES string of the molecule is O=C(O)c1ccc(-c2ccc3ccccc3c2)n1C1CC1. The molecule has 3 aromatic rings. The summed E-state index contributed by atoms with van der Waals surface area (Å²) in [5, 5.41) is 11.7. The highest BCUT2D eigenvalue weighted by molar-refractivity contribution is 5.90. The molecule has 3 nitrogen and oxygen atoms in total. The van der Waals surface area contributed by atoms with E-state index in [4.69, 9.17) is 0 Å². The Balaban J connectivity index is 1.90. The minimum atomic E-state index is -0.853. The average molecular weight is 277 g/mol. The number of carboxylic acids is 1. The van der Waals surface area contributed by atoms with Gasteiger partial charge in [0.05, 0.1) is 0 Å². The topological polar surface area (TPSA) is 42.2 Å². The van der Waals surface area contributed by atoms with Crippen LogP contribution in [-0.2, 0) is 0 Å². The van der Waals surface area contributed by atoms with E-state index in [1.807, 2.05) is 22.8 Å². The van der Waals surface area contributed by atoms with E-state index in [2.05, 4.69) is 30.3 Å². The van der Waals surface area contributed by atoms with E-state index in [0.717, 1.165) is 24.1 Å². The Hall–Kier alpha value is -2.55. The van der Waals surface area contributed by atoms with E-state index < -0.39 is 5.97 Å². The number of rotatable bonds is 3. The summed E-state index contributed by atoms with van der Waals surface area (Å²) in [6, 6.07) is 18.5. The zero-order valence-corrected chi connectivity index (χ0v) is 11.5. The summed E-state index contributed by atoms with van der Waals surface area (Å²) in [7, 11) is 0. The maximum atomic E-state index is 11.4. The van der Waals surface area contributed by atoms with Crippen molar-refractivity contribution in [2.75, 3.05) is 0 Å². The molecule has 0 atom stereocenters. The minimum absolute atomic E-state index is 0.340. The first-order valence-corrected chi connectivity index (χ1v) is 7.18. The van der Waals surface area contributed by atoms with Crippen molar-refractivity contribution < 1.29 is 9.90 Å². The van der Waals surface area contributed by atoms with Crippen LogP contribution in [0.5, 0.6) is 0 Å². The predicted molar refractivity (Wildman–Crippen MR) is 82.6 cm³/mol. The fourth-order valence-corrected chi connectivity index (χ4v) is 2.93. The molecule has 3 heteroatoms. The average Bonchev–Trinajstić information content (AvgIpc) is 3.24. The molecule has 0 radical (unpaired) electrons. The van der Waals surface area contributed by atoms with Crippen LogP contribution in [0.25, 0.3) is 22.0 Å². The van der Waals surface area contributed by atoms with Crippen LogP contribution in [0, 0.1) is 0 Å². The lowest BCUT2D eigenvalue weighted by molar-refractivity contribution is 0.0685. The second-order valence-electron chi connectivity index (χ2n) is 5.57. The summed E-state index contributed by atoms with van der Waals surface area (Å²) in [6.45, 7) is 0. The van der Waals surface area contributed by atoms with Gasteiger partial charge in [-0.3, -0.25) is 0 Å². The van der Waals surface area contributed by atoms with Gasteiger partial charge in [0.15, 0.2) is 0 Å². The molecule has 0 spiro atoms. The smallest absolute Gasteiger partial charge is 0.352 e. The summed E-state index contributed by atoms with van der Waals surface area (Å²) < 4.78 is 1.98. The molecule has 1 aromatic heterocycles. The van der Waals surface area contributed by atoms with E-state index in [0.29, 0.717) is 11.7 Å². The number of hydrogen-bond donors (Lipinski definition) is 1. The number of aromatic carboxylic acids is 1. The molecule has 1 saturated carbocycles. The number of carbonyl (C=O) groups is 1. The van der Waals surface area contributed by atoms with Crippen LogP contribution in [0.3, 0.4) is 0 Å². The van der Waals surface area contributed by atoms with Gasteiger partial charge in [0.1, 0.15) is 5.69 Å². The first-order chi connectivity index (χ1) is 10.2. The fourth-order valence-electron chi connectivity index (χ4n) is 2.93. The lowest BCUT2D eigenvalue weighted by Gasteiger charge is -2.11. The van der Waals surface area contributed by atoms with Gasteiger partial charge in [-0.2, -0.15) is 0 Å². The van der Waals surface area contributed by atoms with Gasteiger partial charge in [0, 0.05) is 11.7 Å². The molecule has 0 amide bonds. The van der Waals surface area contributed by atoms with Gasteiger partial charge in [0.25, 0.3) is 0 Å². The monoisotopic (exact) mass is 277 g/mol. The van der Waals surface area contributed by atoms with E-state index in [-0.39, 0.29) is 0 Å². The standard InChI is InChI=1S/C18H15NO2/c20-18(21)17-10-9-16(19(17)15-7-8-15)14-6-5-12-3-1-2-4-13(12)11-14/h1-6,9-11,15H,7-8H2,(H,20,21). The highest BCUT2D eigenvalue weighted by Gasteiger charge is 2.29. The Morgan fingerprint density at radius 2 is 1.76 bits per heavy atom. The molecule has 0 saturated heterocycles. The number of nitrogens with zero attached hydrogens (tertiary/aromatic N) is 1. The Kier molecular flexibility index (Phi) is 2.61. The number of fused-ring (bicyclic) bond motifs is 1. The van der Waals surface area contributed by atoms with E-state index in [9.17, 15) is 9.90 Å². The molecule has 2 aromatic carbocycles. The fraction of sp³-hybridized carbons (Fsp3) is 0.167. The second-order valence-corrected chi connectivity index (χ2v) is 5.57. The molecule has 1 N–H and O–H groups in total. The van der Waals surface area contributed by atoms with Crippen LogP contribution in [0.4, 0.5) is 0 Å². The van der Waals surface area contributed by atoms with E-state index in [1.54, 1.807) is 6.07 Å². The van der Waals surface area contributed by atoms with Gasteiger partial charge < -0.3 is 9.67 Å². The maximum Gasteiger partial charge on any atom is 0.352 e. The van der Waals surface area contributed by atoms with Crippen molar-refractivity contribution in [3.63, 3.8) is 0 Å². The quantitative estimate of drug-likeness (QED) is 0.773. The largest absolute Gasteiger partial charge is 0.477 e. The lowest BCUT2D eigenvalue weighted by atomic mass is 10.1. The minimum Gasteiger partial charge on any atom is -0.477 e. The van der Waals surface area contributed by atoms with Crippen LogP contribution in [0.15, 0.2) is 54.6 Å². The molecule has 0 unspecified atom stereocenters. The highest BCUT2D eigenvalue weighted by atomic mass is 16.4. The summed E-state index contributed by atoms with van der Waals surface area (Å²) in [5.41, 5.74) is 2.47. The zero-order chi connectivity index (χ0) is 14.4. The Morgan fingerprint density at radius 1 is 1.00 bits per heavy atom. The van der Waals surface area contributed by atoms with Crippen LogP contribution in [0.2, 0.25) is 0 Å². The Labute approximate surface area is 122 Å². The third-order valence-corrected chi connectivity index (χ3v) is 4.09. The summed E-state index contributed by atoms with van der Waals surface area (Å²) in [6.07, 6.45) is 2.13. The second kappa shape index (κ2) is 4.48. The van der Waals surface area contributed by atoms with Gasteiger partial charge in [-0.25, -0.2) is 4.79 Å². The molecule has 1 aliphatic carbocycles. The molecule has 21 heavy (non-hydrogen) atoms. The van der Waals surface area contributed by atoms with Gasteiger partial charge in [-0.1, -0.05) is 36.4 Å². The van der Waals surface area contributed by atoms with Crippen LogP contribution < -0.4 is 0 Å². The maximum absolute atomic E-state index is 11.4. The molecule has 1 heterocycles. The van der Waals surface area contributed by atoms with Crippen molar-refractivity contribution in [3.8, 4) is 11.3 Å². The van der Waals surface area contributed by atoms with Crippen molar-refractivity contribution in [2.45, 2.75) is 18.9 Å². The van der Waals surface area contributed by atoms with Crippen LogP contribution >= 0.6 is 0 Å². The van der Waals surface area contributed by atoms with Gasteiger partial charge in [0.2, 0.25) is 0 Å². The molecule has 0 bridgehead atoms. The highest BCUT2D eigenvalue weighted by Crippen LogP contribution is 2.40. The summed E-state index contributed by atoms with van der Waals surface area (Å²) in [4.78, 5) is 11.4. The molecule has 4 rings (SSSR count). The summed E-state index contributed by atoms with van der Waals surface area (Å²) in [5.74, 6) is -0.853. The first kappa shape index (κ1) is 12.2. The number of benzene rings is 2. The predicted octanol–water partition coefficient (Wildman–Crippen LogP) is 4.34. The normalized spacial score (nSPS) is 14.5. The van der Waals surface area contributed by atoms with Crippen LogP contribution in [0.1, 0.15) is 29.4 Å². The first-order valence-electron chi connectivity index (χ1n) is 7.18. The van der Waals surface area contributed by atoms with Gasteiger partial charge >= 0.3 is 5.97 Å². The van der Waals surface area contributed by atoms with Crippen LogP contribution in [-0.4, -0.2) is 15.6 Å². The van der Waals surface area contributed by atoms with Crippen molar-refractivity contribution >= 4 is 16.7 Å². The Bertz CT molecular complexity index is 843. The van der Waals surface area contributed by atoms with Gasteiger partial charge in [-0.05, 0) is 47.4 Å². The molecular weight excluding hydrogens is 262 g/mol. The number of aromatic nitrogens is 1. The summed E-state index contributed by atoms with van der Waals surface area (Å²) >= 11 is 0. The lowest BCUT2D eigenvalue weighted by Crippen LogP contribution is -2.08. The van der Waals surface area contributed by atoms with Crippen molar-refractivity contribution in [2.24, 2.45) is 0 Å². The third-order valence-electron chi connectivity index (χ3n) is 4.09. The van der Waals surface area contributed by atoms with Crippen molar-refractivity contribution in [1.29, 1.82) is 0 Å². The Morgan fingerprint density at radius 3 is 2.48 bits per heavy atom. The van der Waals surface area contributed by atoms with Crippen molar-refractivity contribution in [3.05, 3.63) is 60.3 Å². The number of carboxylic acid groups (broad SMARTS) is 1. The van der Waals surface area contributed by atoms with E-state index in [1.165, 1.54) is 10.8 Å². The molecule has 1 fully saturated rings. The molecule has 1 aliphatic rings. The van der Waals surface area contributed by atoms with Crippen molar-refractivity contribution in [1.82, 2.24) is 4.57 Å². The van der Waals surface area contributed by atoms with E-state index >= 15 is 0 Å². The molecule has 104 valence electrons. The molecule has 0 aliphatic heterocycles. The van der Waals surface area contributed by atoms with Gasteiger partial charge in [-0.15, -0.1) is 0 Å². The third kappa shape index (κ3) is 2.02. The number of hydrogen-bond acceptors (Lipinski definition) is 1.